The maximum absolute atomic E-state index is 12.8. The molecule has 9 heteroatoms. The molecule has 1 aromatic carbocycles. The van der Waals surface area contributed by atoms with Crippen molar-refractivity contribution in [2.24, 2.45) is 0 Å². The van der Waals surface area contributed by atoms with Crippen LogP contribution in [0.5, 0.6) is 0 Å². The average molecular weight is 390 g/mol. The lowest BCUT2D eigenvalue weighted by Gasteiger charge is -2.14. The van der Waals surface area contributed by atoms with Gasteiger partial charge in [0.05, 0.1) is 41.3 Å². The predicted molar refractivity (Wildman–Crippen MR) is 99.0 cm³/mol. The van der Waals surface area contributed by atoms with Crippen molar-refractivity contribution in [2.45, 2.75) is 19.9 Å². The van der Waals surface area contributed by atoms with Crippen LogP contribution in [0, 0.1) is 6.92 Å². The molecule has 0 saturated heterocycles. The van der Waals surface area contributed by atoms with E-state index in [0.717, 1.165) is 5.69 Å². The van der Waals surface area contributed by atoms with Crippen LogP contribution >= 0.6 is 11.6 Å². The summed E-state index contributed by atoms with van der Waals surface area (Å²) in [7, 11) is 3.28. The molecule has 142 valence electrons. The van der Waals surface area contributed by atoms with Crippen LogP contribution in [-0.4, -0.2) is 51.5 Å². The summed E-state index contributed by atoms with van der Waals surface area (Å²) in [4.78, 5) is 18.6. The van der Waals surface area contributed by atoms with Crippen molar-refractivity contribution in [1.29, 1.82) is 0 Å². The molecule has 0 unspecified atom stereocenters. The van der Waals surface area contributed by atoms with Gasteiger partial charge in [-0.3, -0.25) is 4.79 Å². The highest BCUT2D eigenvalue weighted by atomic mass is 35.5. The van der Waals surface area contributed by atoms with E-state index in [9.17, 15) is 4.79 Å². The smallest absolute Gasteiger partial charge is 0.257 e. The first-order valence-corrected chi connectivity index (χ1v) is 8.74. The lowest BCUT2D eigenvalue weighted by Crippen LogP contribution is -2.26. The van der Waals surface area contributed by atoms with Gasteiger partial charge in [-0.05, 0) is 19.1 Å². The zero-order chi connectivity index (χ0) is 19.4. The third-order valence-electron chi connectivity index (χ3n) is 4.08. The molecule has 0 N–H and O–H groups in total. The Morgan fingerprint density at radius 1 is 1.37 bits per heavy atom. The van der Waals surface area contributed by atoms with Crippen molar-refractivity contribution >= 4 is 17.5 Å². The van der Waals surface area contributed by atoms with Crippen LogP contribution in [-0.2, 0) is 17.7 Å². The Morgan fingerprint density at radius 2 is 2.15 bits per heavy atom. The number of hydrogen-bond acceptors (Lipinski definition) is 6. The SMILES string of the molecule is COCCc1noc(CN(C)C(=O)c2cnn(-c3ccccc3Cl)c2C)n1. The fraction of sp³-hybridized carbons (Fsp3) is 0.333. The van der Waals surface area contributed by atoms with Gasteiger partial charge in [0.1, 0.15) is 0 Å². The first-order valence-electron chi connectivity index (χ1n) is 8.36. The van der Waals surface area contributed by atoms with Crippen LogP contribution in [0.1, 0.15) is 27.8 Å². The Balaban J connectivity index is 1.74. The number of carbonyl (C=O) groups excluding carboxylic acids is 1. The van der Waals surface area contributed by atoms with Crippen molar-refractivity contribution in [3.05, 3.63) is 58.5 Å². The number of methoxy groups -OCH3 is 1. The van der Waals surface area contributed by atoms with E-state index in [1.54, 1.807) is 24.9 Å². The predicted octanol–water partition coefficient (Wildman–Crippen LogP) is 2.68. The highest BCUT2D eigenvalue weighted by molar-refractivity contribution is 6.32. The molecule has 0 fully saturated rings. The summed E-state index contributed by atoms with van der Waals surface area (Å²) in [6, 6.07) is 7.34. The highest BCUT2D eigenvalue weighted by Crippen LogP contribution is 2.22. The third kappa shape index (κ3) is 4.17. The fourth-order valence-corrected chi connectivity index (χ4v) is 2.83. The first kappa shape index (κ1) is 19.1. The topological polar surface area (TPSA) is 86.3 Å². The molecule has 8 nitrogen and oxygen atoms in total. The molecule has 0 aliphatic heterocycles. The van der Waals surface area contributed by atoms with Gasteiger partial charge in [-0.1, -0.05) is 28.9 Å². The van der Waals surface area contributed by atoms with Crippen LogP contribution in [0.3, 0.4) is 0 Å². The Labute approximate surface area is 161 Å². The zero-order valence-electron chi connectivity index (χ0n) is 15.3. The molecular weight excluding hydrogens is 370 g/mol. The second kappa shape index (κ2) is 8.32. The minimum Gasteiger partial charge on any atom is -0.384 e. The Hall–Kier alpha value is -2.71. The molecule has 3 rings (SSSR count). The first-order chi connectivity index (χ1) is 13.0. The molecule has 0 saturated carbocycles. The third-order valence-corrected chi connectivity index (χ3v) is 4.40. The lowest BCUT2D eigenvalue weighted by molar-refractivity contribution is 0.0769. The largest absolute Gasteiger partial charge is 0.384 e. The number of aromatic nitrogens is 4. The van der Waals surface area contributed by atoms with Gasteiger partial charge in [0.25, 0.3) is 5.91 Å². The number of nitrogens with zero attached hydrogens (tertiary/aromatic N) is 5. The van der Waals surface area contributed by atoms with E-state index in [4.69, 9.17) is 20.9 Å². The second-order valence-corrected chi connectivity index (χ2v) is 6.42. The molecular formula is C18H20ClN5O3. The lowest BCUT2D eigenvalue weighted by atomic mass is 10.2. The van der Waals surface area contributed by atoms with Crippen molar-refractivity contribution in [1.82, 2.24) is 24.8 Å². The van der Waals surface area contributed by atoms with E-state index in [-0.39, 0.29) is 12.5 Å². The molecule has 1 amide bonds. The zero-order valence-corrected chi connectivity index (χ0v) is 16.1. The summed E-state index contributed by atoms with van der Waals surface area (Å²) in [5.41, 5.74) is 1.90. The van der Waals surface area contributed by atoms with Crippen LogP contribution < -0.4 is 0 Å². The molecule has 0 aliphatic carbocycles. The van der Waals surface area contributed by atoms with Crippen LogP contribution in [0.15, 0.2) is 35.0 Å². The minimum atomic E-state index is -0.192. The molecule has 2 aromatic heterocycles. The summed E-state index contributed by atoms with van der Waals surface area (Å²) < 4.78 is 11.8. The van der Waals surface area contributed by atoms with Gasteiger partial charge in [-0.15, -0.1) is 0 Å². The summed E-state index contributed by atoms with van der Waals surface area (Å²) >= 11 is 6.24. The number of halogens is 1. The maximum Gasteiger partial charge on any atom is 0.257 e. The molecule has 3 aromatic rings. The number of ether oxygens (including phenoxy) is 1. The average Bonchev–Trinajstić information content (AvgIpc) is 3.26. The quantitative estimate of drug-likeness (QED) is 0.617. The number of para-hydroxylation sites is 1. The van der Waals surface area contributed by atoms with Crippen LogP contribution in [0.4, 0.5) is 0 Å². The Bertz CT molecular complexity index is 937. The molecule has 2 heterocycles. The summed E-state index contributed by atoms with van der Waals surface area (Å²) in [5, 5.41) is 8.75. The second-order valence-electron chi connectivity index (χ2n) is 6.02. The molecule has 27 heavy (non-hydrogen) atoms. The molecule has 0 aliphatic rings. The number of carbonyl (C=O) groups is 1. The van der Waals surface area contributed by atoms with Gasteiger partial charge in [0, 0.05) is 20.6 Å². The van der Waals surface area contributed by atoms with Gasteiger partial charge in [-0.25, -0.2) is 4.68 Å². The number of benzene rings is 1. The van der Waals surface area contributed by atoms with E-state index in [1.807, 2.05) is 25.1 Å². The Morgan fingerprint density at radius 3 is 2.89 bits per heavy atom. The Kier molecular flexibility index (Phi) is 5.88. The molecule has 0 atom stereocenters. The highest BCUT2D eigenvalue weighted by Gasteiger charge is 2.21. The van der Waals surface area contributed by atoms with E-state index in [1.165, 1.54) is 11.1 Å². The van der Waals surface area contributed by atoms with Gasteiger partial charge in [0.2, 0.25) is 5.89 Å². The van der Waals surface area contributed by atoms with Gasteiger partial charge in [-0.2, -0.15) is 10.1 Å². The summed E-state index contributed by atoms with van der Waals surface area (Å²) in [5.74, 6) is 0.728. The van der Waals surface area contributed by atoms with E-state index in [2.05, 4.69) is 15.2 Å². The summed E-state index contributed by atoms with van der Waals surface area (Å²) in [6.07, 6.45) is 2.09. The van der Waals surface area contributed by atoms with E-state index in [0.29, 0.717) is 41.0 Å². The van der Waals surface area contributed by atoms with Crippen molar-refractivity contribution < 1.29 is 14.1 Å². The fourth-order valence-electron chi connectivity index (χ4n) is 2.62. The summed E-state index contributed by atoms with van der Waals surface area (Å²) in [6.45, 7) is 2.54. The van der Waals surface area contributed by atoms with Gasteiger partial charge in [0.15, 0.2) is 5.82 Å². The van der Waals surface area contributed by atoms with Crippen molar-refractivity contribution in [3.63, 3.8) is 0 Å². The standard InChI is InChI=1S/C18H20ClN5O3/c1-12-13(10-20-24(12)15-7-5-4-6-14(15)19)18(25)23(2)11-17-21-16(22-27-17)8-9-26-3/h4-7,10H,8-9,11H2,1-3H3. The monoisotopic (exact) mass is 389 g/mol. The van der Waals surface area contributed by atoms with E-state index < -0.39 is 0 Å². The maximum atomic E-state index is 12.8. The molecule has 0 radical (unpaired) electrons. The van der Waals surface area contributed by atoms with Crippen molar-refractivity contribution in [3.8, 4) is 5.69 Å². The number of amides is 1. The van der Waals surface area contributed by atoms with Gasteiger partial charge >= 0.3 is 0 Å². The number of hydrogen-bond donors (Lipinski definition) is 0. The normalized spacial score (nSPS) is 11.0. The van der Waals surface area contributed by atoms with Gasteiger partial charge < -0.3 is 14.2 Å². The van der Waals surface area contributed by atoms with Crippen molar-refractivity contribution in [2.75, 3.05) is 20.8 Å². The minimum absolute atomic E-state index is 0.192. The van der Waals surface area contributed by atoms with E-state index >= 15 is 0 Å². The molecule has 0 bridgehead atoms. The number of rotatable bonds is 7. The van der Waals surface area contributed by atoms with Crippen LogP contribution in [0.25, 0.3) is 5.69 Å². The van der Waals surface area contributed by atoms with Crippen LogP contribution in [0.2, 0.25) is 5.02 Å². The molecule has 0 spiro atoms.